The maximum absolute atomic E-state index is 12.1. The Morgan fingerprint density at radius 2 is 2.13 bits per heavy atom. The Bertz CT molecular complexity index is 607. The van der Waals surface area contributed by atoms with Crippen molar-refractivity contribution >= 4 is 34.6 Å². The summed E-state index contributed by atoms with van der Waals surface area (Å²) in [6.45, 7) is 1.85. The third-order valence-electron chi connectivity index (χ3n) is 3.21. The molecule has 0 saturated carbocycles. The van der Waals surface area contributed by atoms with Crippen LogP contribution in [0.1, 0.15) is 6.92 Å². The normalized spacial score (nSPS) is 15.2. The quantitative estimate of drug-likeness (QED) is 0.795. The van der Waals surface area contributed by atoms with Crippen molar-refractivity contribution in [3.8, 4) is 5.75 Å². The summed E-state index contributed by atoms with van der Waals surface area (Å²) < 4.78 is 10.2. The van der Waals surface area contributed by atoms with E-state index in [1.165, 1.54) is 18.9 Å². The first-order chi connectivity index (χ1) is 11.0. The molecule has 1 aliphatic rings. The molecule has 0 spiro atoms. The number of amides is 2. The van der Waals surface area contributed by atoms with Gasteiger partial charge in [0.25, 0.3) is 11.1 Å². The van der Waals surface area contributed by atoms with Crippen molar-refractivity contribution in [3.05, 3.63) is 24.3 Å². The third-order valence-corrected chi connectivity index (χ3v) is 4.10. The number of hydrogen-bond donors (Lipinski definition) is 1. The highest BCUT2D eigenvalue weighted by atomic mass is 32.2. The summed E-state index contributed by atoms with van der Waals surface area (Å²) in [5.41, 5.74) is 0.494. The molecule has 1 N–H and O–H groups in total. The van der Waals surface area contributed by atoms with Crippen LogP contribution in [0, 0.1) is 0 Å². The van der Waals surface area contributed by atoms with Gasteiger partial charge < -0.3 is 19.7 Å². The Hall–Kier alpha value is -2.22. The molecular weight excluding hydrogens is 320 g/mol. The molecule has 1 aliphatic heterocycles. The molecule has 1 heterocycles. The summed E-state index contributed by atoms with van der Waals surface area (Å²) in [5, 5.41) is 2.50. The Kier molecular flexibility index (Phi) is 5.86. The number of esters is 1. The van der Waals surface area contributed by atoms with Crippen molar-refractivity contribution in [3.63, 3.8) is 0 Å². The Labute approximate surface area is 138 Å². The highest BCUT2D eigenvalue weighted by molar-refractivity contribution is 8.13. The van der Waals surface area contributed by atoms with Crippen molar-refractivity contribution in [2.45, 2.75) is 13.0 Å². The zero-order valence-corrected chi connectivity index (χ0v) is 13.7. The molecule has 124 valence electrons. The fraction of sp³-hybridized carbons (Fsp3) is 0.400. The molecule has 23 heavy (non-hydrogen) atoms. The smallest absolute Gasteiger partial charge is 0.326 e. The molecule has 1 atom stereocenters. The van der Waals surface area contributed by atoms with Crippen LogP contribution in [0.3, 0.4) is 0 Å². The van der Waals surface area contributed by atoms with Crippen LogP contribution in [0.2, 0.25) is 0 Å². The van der Waals surface area contributed by atoms with E-state index in [1.54, 1.807) is 24.3 Å². The average Bonchev–Trinajstić information content (AvgIpc) is 2.92. The number of hydrogen-bond acceptors (Lipinski definition) is 6. The SMILES string of the molecule is COc1ccccc1NC(=O)[C@H](C)OC(=O)CN1CCSC1=O. The summed E-state index contributed by atoms with van der Waals surface area (Å²) in [6.07, 6.45) is -0.974. The number of anilines is 1. The van der Waals surface area contributed by atoms with Crippen LogP contribution >= 0.6 is 11.8 Å². The molecule has 1 saturated heterocycles. The molecule has 0 aliphatic carbocycles. The van der Waals surface area contributed by atoms with Gasteiger partial charge in [-0.05, 0) is 19.1 Å². The minimum Gasteiger partial charge on any atom is -0.495 e. The van der Waals surface area contributed by atoms with Crippen LogP contribution in [0.15, 0.2) is 24.3 Å². The van der Waals surface area contributed by atoms with E-state index in [-0.39, 0.29) is 11.8 Å². The van der Waals surface area contributed by atoms with Crippen LogP contribution in [0.5, 0.6) is 5.75 Å². The van der Waals surface area contributed by atoms with E-state index >= 15 is 0 Å². The number of methoxy groups -OCH3 is 1. The number of rotatable bonds is 6. The monoisotopic (exact) mass is 338 g/mol. The maximum Gasteiger partial charge on any atom is 0.326 e. The van der Waals surface area contributed by atoms with E-state index in [4.69, 9.17) is 9.47 Å². The van der Waals surface area contributed by atoms with Gasteiger partial charge in [0.05, 0.1) is 12.8 Å². The van der Waals surface area contributed by atoms with Crippen molar-refractivity contribution in [1.82, 2.24) is 4.90 Å². The summed E-state index contributed by atoms with van der Waals surface area (Å²) in [5.74, 6) is 0.100. The molecule has 0 aromatic heterocycles. The number of benzene rings is 1. The second-order valence-electron chi connectivity index (χ2n) is 4.86. The molecule has 0 unspecified atom stereocenters. The fourth-order valence-corrected chi connectivity index (χ4v) is 2.82. The average molecular weight is 338 g/mol. The number of nitrogens with one attached hydrogen (secondary N) is 1. The molecule has 8 heteroatoms. The first-order valence-corrected chi connectivity index (χ1v) is 8.05. The Balaban J connectivity index is 1.87. The lowest BCUT2D eigenvalue weighted by molar-refractivity contribution is -0.153. The number of nitrogens with zero attached hydrogens (tertiary/aromatic N) is 1. The van der Waals surface area contributed by atoms with Crippen LogP contribution in [-0.2, 0) is 14.3 Å². The van der Waals surface area contributed by atoms with Gasteiger partial charge in [0, 0.05) is 12.3 Å². The first kappa shape index (κ1) is 17.1. The highest BCUT2D eigenvalue weighted by Gasteiger charge is 2.26. The highest BCUT2D eigenvalue weighted by Crippen LogP contribution is 2.23. The van der Waals surface area contributed by atoms with Gasteiger partial charge in [-0.2, -0.15) is 0 Å². The molecule has 0 radical (unpaired) electrons. The van der Waals surface area contributed by atoms with Crippen LogP contribution < -0.4 is 10.1 Å². The number of thioether (sulfide) groups is 1. The van der Waals surface area contributed by atoms with E-state index in [1.807, 2.05) is 0 Å². The van der Waals surface area contributed by atoms with Gasteiger partial charge >= 0.3 is 5.97 Å². The van der Waals surface area contributed by atoms with Gasteiger partial charge in [0.2, 0.25) is 0 Å². The zero-order valence-electron chi connectivity index (χ0n) is 12.9. The van der Waals surface area contributed by atoms with Gasteiger partial charge in [0.15, 0.2) is 6.10 Å². The molecule has 2 amide bonds. The zero-order chi connectivity index (χ0) is 16.8. The number of ether oxygens (including phenoxy) is 2. The lowest BCUT2D eigenvalue weighted by Gasteiger charge is -2.17. The predicted molar refractivity (Wildman–Crippen MR) is 86.6 cm³/mol. The first-order valence-electron chi connectivity index (χ1n) is 7.06. The van der Waals surface area contributed by atoms with E-state index in [0.29, 0.717) is 23.7 Å². The predicted octanol–water partition coefficient (Wildman–Crippen LogP) is 1.73. The Morgan fingerprint density at radius 3 is 2.78 bits per heavy atom. The summed E-state index contributed by atoms with van der Waals surface area (Å²) in [6, 6.07) is 6.93. The van der Waals surface area contributed by atoms with Gasteiger partial charge in [-0.15, -0.1) is 0 Å². The van der Waals surface area contributed by atoms with Crippen LogP contribution in [0.4, 0.5) is 10.5 Å². The lowest BCUT2D eigenvalue weighted by atomic mass is 10.2. The minimum absolute atomic E-state index is 0.141. The molecule has 7 nitrogen and oxygen atoms in total. The molecule has 2 rings (SSSR count). The molecule has 1 fully saturated rings. The van der Waals surface area contributed by atoms with E-state index in [9.17, 15) is 14.4 Å². The molecular formula is C15H18N2O5S. The number of para-hydroxylation sites is 2. The van der Waals surface area contributed by atoms with Gasteiger partial charge in [-0.1, -0.05) is 23.9 Å². The number of carbonyl (C=O) groups excluding carboxylic acids is 3. The lowest BCUT2D eigenvalue weighted by Crippen LogP contribution is -2.36. The maximum atomic E-state index is 12.1. The largest absolute Gasteiger partial charge is 0.495 e. The van der Waals surface area contributed by atoms with Crippen molar-refractivity contribution in [2.75, 3.05) is 31.3 Å². The topological polar surface area (TPSA) is 84.9 Å². The fourth-order valence-electron chi connectivity index (χ4n) is 2.00. The van der Waals surface area contributed by atoms with E-state index < -0.39 is 18.0 Å². The summed E-state index contributed by atoms with van der Waals surface area (Å²) in [4.78, 5) is 36.7. The van der Waals surface area contributed by atoms with E-state index in [2.05, 4.69) is 5.32 Å². The summed E-state index contributed by atoms with van der Waals surface area (Å²) >= 11 is 1.16. The van der Waals surface area contributed by atoms with Crippen LogP contribution in [-0.4, -0.2) is 54.1 Å². The molecule has 1 aromatic rings. The van der Waals surface area contributed by atoms with Crippen molar-refractivity contribution < 1.29 is 23.9 Å². The minimum atomic E-state index is -0.974. The second-order valence-corrected chi connectivity index (χ2v) is 5.90. The molecule has 1 aromatic carbocycles. The third kappa shape index (κ3) is 4.62. The van der Waals surface area contributed by atoms with Gasteiger partial charge in [-0.3, -0.25) is 14.4 Å². The van der Waals surface area contributed by atoms with Crippen molar-refractivity contribution in [1.29, 1.82) is 0 Å². The van der Waals surface area contributed by atoms with Gasteiger partial charge in [0.1, 0.15) is 12.3 Å². The number of carbonyl (C=O) groups is 3. The summed E-state index contributed by atoms with van der Waals surface area (Å²) in [7, 11) is 1.50. The molecule has 0 bridgehead atoms. The Morgan fingerprint density at radius 1 is 1.39 bits per heavy atom. The van der Waals surface area contributed by atoms with Crippen molar-refractivity contribution in [2.24, 2.45) is 0 Å². The second kappa shape index (κ2) is 7.87. The van der Waals surface area contributed by atoms with Crippen LogP contribution in [0.25, 0.3) is 0 Å². The standard InChI is InChI=1S/C15H18N2O5S/c1-10(22-13(18)9-17-7-8-23-15(17)20)14(19)16-11-5-3-4-6-12(11)21-2/h3-6,10H,7-9H2,1-2H3,(H,16,19)/t10-/m0/s1. The van der Waals surface area contributed by atoms with E-state index in [0.717, 1.165) is 11.8 Å². The van der Waals surface area contributed by atoms with Gasteiger partial charge in [-0.25, -0.2) is 0 Å².